The lowest BCUT2D eigenvalue weighted by atomic mass is 9.90. The number of aryl methyl sites for hydroxylation is 6. The van der Waals surface area contributed by atoms with Crippen molar-refractivity contribution in [1.29, 1.82) is 0 Å². The molecule has 0 spiro atoms. The average Bonchev–Trinajstić information content (AvgIpc) is 3.45. The molecule has 6 rings (SSSR count). The van der Waals surface area contributed by atoms with E-state index < -0.39 is 0 Å². The lowest BCUT2D eigenvalue weighted by Gasteiger charge is -2.33. The first-order chi connectivity index (χ1) is 19.2. The molecule has 3 aromatic carbocycles. The van der Waals surface area contributed by atoms with Crippen molar-refractivity contribution in [2.24, 2.45) is 0 Å². The van der Waals surface area contributed by atoms with Gasteiger partial charge in [0, 0.05) is 46.2 Å². The molecule has 3 aromatic rings. The lowest BCUT2D eigenvalue weighted by molar-refractivity contribution is 0.997. The van der Waals surface area contributed by atoms with E-state index in [4.69, 9.17) is 23.2 Å². The molecule has 0 amide bonds. The van der Waals surface area contributed by atoms with E-state index in [1.165, 1.54) is 44.8 Å². The monoisotopic (exact) mass is 564 g/mol. The highest BCUT2D eigenvalue weighted by Gasteiger charge is 2.38. The highest BCUT2D eigenvalue weighted by Crippen LogP contribution is 2.51. The second-order valence-electron chi connectivity index (χ2n) is 11.3. The Bertz CT molecular complexity index is 1560. The Kier molecular flexibility index (Phi) is 6.97. The van der Waals surface area contributed by atoms with Gasteiger partial charge in [-0.25, -0.2) is 0 Å². The normalized spacial score (nSPS) is 17.4. The van der Waals surface area contributed by atoms with Gasteiger partial charge in [-0.15, -0.1) is 0 Å². The molecule has 1 saturated heterocycles. The first kappa shape index (κ1) is 27.0. The highest BCUT2D eigenvalue weighted by molar-refractivity contribution is 6.39. The van der Waals surface area contributed by atoms with E-state index in [0.717, 1.165) is 51.8 Å². The maximum absolute atomic E-state index is 7.48. The molecule has 202 valence electrons. The molecular weight excluding hydrogens is 531 g/mol. The summed E-state index contributed by atoms with van der Waals surface area (Å²) in [6, 6.07) is 19.4. The molecular formula is C36H34Cl2N2. The number of allylic oxidation sites excluding steroid dienone is 7. The summed E-state index contributed by atoms with van der Waals surface area (Å²) in [5.74, 6) is 1.16. The summed E-state index contributed by atoms with van der Waals surface area (Å²) in [6.45, 7) is 15.0. The van der Waals surface area contributed by atoms with Crippen molar-refractivity contribution in [2.75, 3.05) is 22.9 Å². The number of benzene rings is 3. The average molecular weight is 566 g/mol. The zero-order chi connectivity index (χ0) is 28.3. The molecule has 0 saturated carbocycles. The van der Waals surface area contributed by atoms with Crippen LogP contribution in [-0.4, -0.2) is 13.1 Å². The molecule has 0 atom stereocenters. The molecule has 40 heavy (non-hydrogen) atoms. The quantitative estimate of drug-likeness (QED) is 0.312. The van der Waals surface area contributed by atoms with Crippen molar-refractivity contribution in [3.8, 4) is 0 Å². The highest BCUT2D eigenvalue weighted by atomic mass is 35.5. The minimum Gasteiger partial charge on any atom is -0.325 e. The largest absolute Gasteiger partial charge is 0.325 e. The Hall–Kier alpha value is -3.20. The summed E-state index contributed by atoms with van der Waals surface area (Å²) in [4.78, 5) is 4.99. The van der Waals surface area contributed by atoms with Crippen molar-refractivity contribution in [1.82, 2.24) is 0 Å². The van der Waals surface area contributed by atoms with Gasteiger partial charge in [0.05, 0.1) is 11.5 Å². The van der Waals surface area contributed by atoms with Gasteiger partial charge in [-0.2, -0.15) is 0 Å². The minimum atomic E-state index is 0.618. The summed E-state index contributed by atoms with van der Waals surface area (Å²) in [5, 5.41) is 1.38. The van der Waals surface area contributed by atoms with Crippen LogP contribution in [0.2, 0.25) is 0 Å². The Balaban J connectivity index is 1.61. The number of rotatable bonds is 3. The number of nitrogens with zero attached hydrogens (tertiary/aromatic N) is 2. The molecule has 1 fully saturated rings. The molecule has 0 N–H and O–H groups in total. The fourth-order valence-corrected chi connectivity index (χ4v) is 7.56. The van der Waals surface area contributed by atoms with Gasteiger partial charge in [-0.05, 0) is 81.4 Å². The Morgan fingerprint density at radius 3 is 1.68 bits per heavy atom. The maximum atomic E-state index is 7.48. The van der Waals surface area contributed by atoms with Crippen LogP contribution in [0.3, 0.4) is 0 Å². The summed E-state index contributed by atoms with van der Waals surface area (Å²) in [6.07, 6.45) is 6.35. The summed E-state index contributed by atoms with van der Waals surface area (Å²) in [5.41, 5.74) is 15.3. The van der Waals surface area contributed by atoms with Gasteiger partial charge in [0.15, 0.2) is 0 Å². The van der Waals surface area contributed by atoms with Gasteiger partial charge >= 0.3 is 0 Å². The van der Waals surface area contributed by atoms with E-state index >= 15 is 0 Å². The van der Waals surface area contributed by atoms with E-state index in [2.05, 4.69) is 100 Å². The van der Waals surface area contributed by atoms with Crippen LogP contribution in [-0.2, 0) is 0 Å². The van der Waals surface area contributed by atoms with Crippen LogP contribution in [0.1, 0.15) is 45.4 Å². The van der Waals surface area contributed by atoms with E-state index in [-0.39, 0.29) is 0 Å². The third-order valence-electron chi connectivity index (χ3n) is 8.18. The van der Waals surface area contributed by atoms with Crippen LogP contribution in [0.25, 0.3) is 5.57 Å². The molecule has 0 aromatic heterocycles. The Morgan fingerprint density at radius 2 is 1.18 bits per heavy atom. The molecule has 3 aliphatic rings. The van der Waals surface area contributed by atoms with Gasteiger partial charge in [0.25, 0.3) is 0 Å². The van der Waals surface area contributed by atoms with E-state index in [1.54, 1.807) is 0 Å². The fourth-order valence-electron chi connectivity index (χ4n) is 6.89. The predicted molar refractivity (Wildman–Crippen MR) is 171 cm³/mol. The van der Waals surface area contributed by atoms with E-state index in [0.29, 0.717) is 11.5 Å². The Labute approximate surface area is 248 Å². The van der Waals surface area contributed by atoms with Crippen molar-refractivity contribution < 1.29 is 0 Å². The molecule has 0 unspecified atom stereocenters. The first-order valence-corrected chi connectivity index (χ1v) is 14.7. The molecule has 2 aliphatic carbocycles. The van der Waals surface area contributed by atoms with E-state index in [1.807, 2.05) is 18.2 Å². The summed E-state index contributed by atoms with van der Waals surface area (Å²) in [7, 11) is 0. The maximum Gasteiger partial charge on any atom is 0.118 e. The second kappa shape index (κ2) is 10.3. The van der Waals surface area contributed by atoms with Crippen LogP contribution < -0.4 is 9.80 Å². The Morgan fingerprint density at radius 1 is 0.675 bits per heavy atom. The van der Waals surface area contributed by atoms with Crippen LogP contribution in [0.15, 0.2) is 93.3 Å². The van der Waals surface area contributed by atoms with Gasteiger partial charge in [-0.1, -0.05) is 95.0 Å². The van der Waals surface area contributed by atoms with Crippen molar-refractivity contribution >= 4 is 40.1 Å². The lowest BCUT2D eigenvalue weighted by Crippen LogP contribution is -2.27. The molecule has 4 heteroatoms. The third-order valence-corrected chi connectivity index (χ3v) is 8.88. The topological polar surface area (TPSA) is 6.48 Å². The van der Waals surface area contributed by atoms with Crippen LogP contribution >= 0.6 is 23.2 Å². The van der Waals surface area contributed by atoms with E-state index in [9.17, 15) is 0 Å². The zero-order valence-corrected chi connectivity index (χ0v) is 25.6. The molecule has 1 aliphatic heterocycles. The smallest absolute Gasteiger partial charge is 0.118 e. The molecule has 2 radical (unpaired) electrons. The number of fused-ring (bicyclic) bond motifs is 1. The molecule has 0 bridgehead atoms. The number of hydrogen-bond acceptors (Lipinski definition) is 2. The summed E-state index contributed by atoms with van der Waals surface area (Å²) >= 11 is 14.3. The van der Waals surface area contributed by atoms with Crippen molar-refractivity contribution in [2.45, 2.75) is 48.0 Å². The zero-order valence-electron chi connectivity index (χ0n) is 24.0. The van der Waals surface area contributed by atoms with Crippen LogP contribution in [0.5, 0.6) is 0 Å². The first-order valence-electron chi connectivity index (χ1n) is 13.9. The van der Waals surface area contributed by atoms with Gasteiger partial charge in [0.1, 0.15) is 5.82 Å². The van der Waals surface area contributed by atoms with Crippen molar-refractivity contribution in [3.05, 3.63) is 139 Å². The summed E-state index contributed by atoms with van der Waals surface area (Å²) < 4.78 is 0. The van der Waals surface area contributed by atoms with Gasteiger partial charge in [0.2, 0.25) is 0 Å². The SMILES string of the molecule is Cc1cc(C)c(N2CCN(c3c(C)cc(C)cc3C)C2=C2CC=C3[C]C(Cl)=C(c4ccccc4)C3=C2Cl)c(C)c1. The third kappa shape index (κ3) is 4.42. The van der Waals surface area contributed by atoms with Crippen molar-refractivity contribution in [3.63, 3.8) is 0 Å². The second-order valence-corrected chi connectivity index (χ2v) is 12.0. The van der Waals surface area contributed by atoms with Crippen LogP contribution in [0, 0.1) is 48.0 Å². The van der Waals surface area contributed by atoms with Crippen LogP contribution in [0.4, 0.5) is 11.4 Å². The fraction of sp³-hybridized carbons (Fsp3) is 0.250. The number of halogens is 2. The molecule has 2 nitrogen and oxygen atoms in total. The number of anilines is 2. The predicted octanol–water partition coefficient (Wildman–Crippen LogP) is 9.64. The molecule has 1 heterocycles. The van der Waals surface area contributed by atoms with Gasteiger partial charge in [-0.3, -0.25) is 0 Å². The van der Waals surface area contributed by atoms with Gasteiger partial charge < -0.3 is 9.80 Å². The standard InChI is InChI=1S/C36H34Cl2N2/c1-21-16-23(3)34(24(4)17-21)39-14-15-40(35-25(5)18-22(2)19-26(35)6)36(39)29-13-12-28-20-30(37)31(32(28)33(29)38)27-10-8-7-9-11-27/h7-12,16-19H,13-15H2,1-6H3. The number of hydrogen-bond donors (Lipinski definition) is 0. The minimum absolute atomic E-state index is 0.618.